The molecule has 2 heterocycles. The Morgan fingerprint density at radius 3 is 3.00 bits per heavy atom. The van der Waals surface area contributed by atoms with Gasteiger partial charge in [0.05, 0.1) is 9.30 Å². The molecule has 9 heteroatoms. The number of rotatable bonds is 2. The number of halogens is 1. The Kier molecular flexibility index (Phi) is 3.04. The van der Waals surface area contributed by atoms with Crippen LogP contribution in [0.1, 0.15) is 15.9 Å². The van der Waals surface area contributed by atoms with Crippen LogP contribution in [0.3, 0.4) is 0 Å². The maximum Gasteiger partial charge on any atom is 0.350 e. The number of aliphatic hydroxyl groups is 2. The van der Waals surface area contributed by atoms with E-state index in [1.165, 1.54) is 6.92 Å². The number of H-pyrrole nitrogens is 1. The van der Waals surface area contributed by atoms with Crippen molar-refractivity contribution in [3.05, 3.63) is 27.3 Å². The topological polar surface area (TPSA) is 117 Å². The van der Waals surface area contributed by atoms with E-state index in [2.05, 4.69) is 10.9 Å². The van der Waals surface area contributed by atoms with Crippen molar-refractivity contribution in [2.24, 2.45) is 0 Å². The van der Waals surface area contributed by atoms with E-state index in [9.17, 15) is 19.8 Å². The van der Waals surface area contributed by atoms with Gasteiger partial charge in [-0.15, -0.1) is 5.92 Å². The van der Waals surface area contributed by atoms with E-state index < -0.39 is 42.0 Å². The van der Waals surface area contributed by atoms with Gasteiger partial charge in [0.1, 0.15) is 18.5 Å². The van der Waals surface area contributed by atoms with Gasteiger partial charge in [-0.25, -0.2) is 14.0 Å². The fourth-order valence-corrected chi connectivity index (χ4v) is 1.90. The molecular weight excluding hydrogens is 273 g/mol. The van der Waals surface area contributed by atoms with Gasteiger partial charge in [-0.05, 0) is 6.92 Å². The van der Waals surface area contributed by atoms with Crippen molar-refractivity contribution >= 4 is 0 Å². The third kappa shape index (κ3) is 2.14. The quantitative estimate of drug-likeness (QED) is 0.537. The maximum atomic E-state index is 15.0. The number of nitrogens with zero attached hydrogens (tertiary/aromatic N) is 2. The van der Waals surface area contributed by atoms with Gasteiger partial charge in [-0.1, -0.05) is 5.92 Å². The summed E-state index contributed by atoms with van der Waals surface area (Å²) in [7, 11) is 0. The summed E-state index contributed by atoms with van der Waals surface area (Å²) in [4.78, 5) is 27.7. The summed E-state index contributed by atoms with van der Waals surface area (Å²) in [6.07, 6.45) is -5.40. The minimum atomic E-state index is -3.08. The Morgan fingerprint density at radius 1 is 1.75 bits per heavy atom. The van der Waals surface area contributed by atoms with Gasteiger partial charge in [0.15, 0.2) is 6.23 Å². The molecule has 1 aromatic rings. The van der Waals surface area contributed by atoms with Crippen molar-refractivity contribution in [2.45, 2.75) is 31.0 Å². The summed E-state index contributed by atoms with van der Waals surface area (Å²) in [6, 6.07) is 0. The van der Waals surface area contributed by atoms with Crippen LogP contribution in [0.5, 0.6) is 0 Å². The molecule has 8 nitrogen and oxygen atoms in total. The average Bonchev–Trinajstić information content (AvgIpc) is 2.63. The Morgan fingerprint density at radius 2 is 2.45 bits per heavy atom. The summed E-state index contributed by atoms with van der Waals surface area (Å²) in [6.45, 7) is -1.82. The highest BCUT2D eigenvalue weighted by Gasteiger charge is 2.57. The van der Waals surface area contributed by atoms with Gasteiger partial charge < -0.3 is 14.9 Å². The van der Waals surface area contributed by atoms with Crippen LogP contribution < -0.4 is 11.4 Å². The third-order valence-electron chi connectivity index (χ3n) is 2.80. The minimum Gasteiger partial charge on any atom is -0.394 e. The van der Waals surface area contributed by atoms with Gasteiger partial charge >= 0.3 is 11.4 Å². The summed E-state index contributed by atoms with van der Waals surface area (Å²) in [5.74, 6) is 4.22. The first kappa shape index (κ1) is 11.8. The van der Waals surface area contributed by atoms with Gasteiger partial charge in [0.2, 0.25) is 5.67 Å². The van der Waals surface area contributed by atoms with E-state index in [0.717, 1.165) is 0 Å². The Labute approximate surface area is 114 Å². The van der Waals surface area contributed by atoms with Crippen LogP contribution in [0.4, 0.5) is 4.39 Å². The lowest BCUT2D eigenvalue weighted by Crippen LogP contribution is -2.45. The first-order valence-corrected chi connectivity index (χ1v) is 5.47. The van der Waals surface area contributed by atoms with Crippen molar-refractivity contribution in [1.29, 1.82) is 0 Å². The molecule has 0 saturated carbocycles. The van der Waals surface area contributed by atoms with E-state index in [0.29, 0.717) is 10.9 Å². The zero-order chi connectivity index (χ0) is 16.7. The number of aliphatic hydroxyl groups excluding tert-OH is 1. The zero-order valence-electron chi connectivity index (χ0n) is 12.2. The second kappa shape index (κ2) is 5.16. The van der Waals surface area contributed by atoms with E-state index in [1.807, 2.05) is 5.92 Å². The number of nitrogens with one attached hydrogen (secondary N) is 1. The van der Waals surface area contributed by atoms with Crippen LogP contribution in [0.15, 0.2) is 15.9 Å². The van der Waals surface area contributed by atoms with E-state index in [1.54, 1.807) is 4.98 Å². The summed E-state index contributed by atoms with van der Waals surface area (Å²) >= 11 is 0. The first-order valence-electron chi connectivity index (χ1n) is 6.47. The van der Waals surface area contributed by atoms with Crippen molar-refractivity contribution < 1.29 is 22.1 Å². The molecule has 1 aliphatic heterocycles. The van der Waals surface area contributed by atoms with Crippen LogP contribution >= 0.6 is 0 Å². The first-order chi connectivity index (χ1) is 10.1. The number of ether oxygens (including phenoxy) is 1. The minimum absolute atomic E-state index is 0.515. The number of hydrogen-bond acceptors (Lipinski definition) is 6. The smallest absolute Gasteiger partial charge is 0.350 e. The Balaban J connectivity index is 2.59. The second-order valence-electron chi connectivity index (χ2n) is 4.01. The van der Waals surface area contributed by atoms with Crippen molar-refractivity contribution in [3.8, 4) is 11.8 Å². The largest absolute Gasteiger partial charge is 0.394 e. The van der Waals surface area contributed by atoms with Crippen LogP contribution in [0.25, 0.3) is 0 Å². The molecular formula is C11H12FN3O5. The maximum absolute atomic E-state index is 15.0. The lowest BCUT2D eigenvalue weighted by molar-refractivity contribution is -0.0549. The predicted molar refractivity (Wildman–Crippen MR) is 63.4 cm³/mol. The molecule has 4 atom stereocenters. The standard InChI is InChI=1S/C11H12FN3O5/c1-2-3-11(12)7(17)6(4-16)20-8(11)15-5-13-9(18)14-10(15)19/h5-8,16-17H,4H2,1H3,(H,14,18,19)/t6-,7?,8-,11-/m1/s1/i4D2. The molecule has 1 unspecified atom stereocenters. The molecule has 0 aliphatic carbocycles. The van der Waals surface area contributed by atoms with Gasteiger partial charge in [-0.3, -0.25) is 9.55 Å². The van der Waals surface area contributed by atoms with Crippen LogP contribution in [0.2, 0.25) is 0 Å². The monoisotopic (exact) mass is 287 g/mol. The normalized spacial score (nSPS) is 34.9. The molecule has 0 bridgehead atoms. The highest BCUT2D eigenvalue weighted by atomic mass is 19.1. The lowest BCUT2D eigenvalue weighted by Gasteiger charge is -2.23. The molecule has 1 saturated heterocycles. The second-order valence-corrected chi connectivity index (χ2v) is 4.01. The highest BCUT2D eigenvalue weighted by Crippen LogP contribution is 2.40. The molecule has 0 aromatic carbocycles. The lowest BCUT2D eigenvalue weighted by atomic mass is 9.96. The van der Waals surface area contributed by atoms with Crippen LogP contribution in [-0.4, -0.2) is 49.2 Å². The van der Waals surface area contributed by atoms with Crippen molar-refractivity contribution in [2.75, 3.05) is 6.56 Å². The van der Waals surface area contributed by atoms with Crippen LogP contribution in [-0.2, 0) is 4.74 Å². The Bertz CT molecular complexity index is 749. The summed E-state index contributed by atoms with van der Waals surface area (Å²) in [5, 5.41) is 19.3. The molecule has 108 valence electrons. The van der Waals surface area contributed by atoms with Gasteiger partial charge in [0.25, 0.3) is 0 Å². The number of aromatic amines is 1. The molecule has 0 spiro atoms. The third-order valence-corrected chi connectivity index (χ3v) is 2.80. The number of aromatic nitrogens is 3. The molecule has 0 radical (unpaired) electrons. The van der Waals surface area contributed by atoms with Crippen LogP contribution in [0, 0.1) is 11.8 Å². The number of alkyl halides is 1. The SMILES string of the molecule is [2H]C([2H])(O)[C@H]1O[C@@H](n2cnc(=O)[nH]c2=O)[C@@](F)(C#CC)C1O. The van der Waals surface area contributed by atoms with E-state index >= 15 is 4.39 Å². The molecule has 1 fully saturated rings. The Hall–Kier alpha value is -2.02. The zero-order valence-corrected chi connectivity index (χ0v) is 10.2. The van der Waals surface area contributed by atoms with E-state index in [-0.39, 0.29) is 0 Å². The average molecular weight is 287 g/mol. The van der Waals surface area contributed by atoms with Crippen molar-refractivity contribution in [1.82, 2.24) is 14.5 Å². The molecule has 0 amide bonds. The molecule has 1 aromatic heterocycles. The number of hydrogen-bond donors (Lipinski definition) is 3. The van der Waals surface area contributed by atoms with E-state index in [4.69, 9.17) is 7.48 Å². The predicted octanol–water partition coefficient (Wildman–Crippen LogP) is -2.09. The molecule has 3 N–H and O–H groups in total. The summed E-state index contributed by atoms with van der Waals surface area (Å²) in [5.41, 5.74) is -4.95. The van der Waals surface area contributed by atoms with Gasteiger partial charge in [0, 0.05) is 0 Å². The van der Waals surface area contributed by atoms with Gasteiger partial charge in [-0.2, -0.15) is 4.98 Å². The van der Waals surface area contributed by atoms with Crippen molar-refractivity contribution in [3.63, 3.8) is 0 Å². The fraction of sp³-hybridized carbons (Fsp3) is 0.545. The molecule has 2 rings (SSSR count). The molecule has 1 aliphatic rings. The molecule has 20 heavy (non-hydrogen) atoms. The summed E-state index contributed by atoms with van der Waals surface area (Å²) < 4.78 is 34.8. The highest BCUT2D eigenvalue weighted by molar-refractivity contribution is 5.22. The fourth-order valence-electron chi connectivity index (χ4n) is 1.90.